The van der Waals surface area contributed by atoms with Crippen molar-refractivity contribution >= 4 is 23.6 Å². The Labute approximate surface area is 112 Å². The van der Waals surface area contributed by atoms with Crippen molar-refractivity contribution in [1.82, 2.24) is 10.2 Å². The van der Waals surface area contributed by atoms with Crippen molar-refractivity contribution in [2.75, 3.05) is 24.6 Å². The lowest BCUT2D eigenvalue weighted by Gasteiger charge is -2.32. The number of carbonyl (C=O) groups is 2. The maximum Gasteiger partial charge on any atom is 0.327 e. The molecule has 1 saturated heterocycles. The van der Waals surface area contributed by atoms with Crippen LogP contribution in [0.3, 0.4) is 0 Å². The zero-order chi connectivity index (χ0) is 13.5. The summed E-state index contributed by atoms with van der Waals surface area (Å²) in [4.78, 5) is 24.6. The second-order valence-corrected chi connectivity index (χ2v) is 5.88. The van der Waals surface area contributed by atoms with Crippen LogP contribution in [0.2, 0.25) is 0 Å². The number of hydrogen-bond donors (Lipinski definition) is 2. The molecule has 1 fully saturated rings. The molecule has 0 radical (unpaired) electrons. The molecular formula is C12H22N2O3S. The molecule has 0 aliphatic carbocycles. The summed E-state index contributed by atoms with van der Waals surface area (Å²) in [5, 5.41) is 12.3. The normalized spacial score (nSPS) is 20.2. The van der Waals surface area contributed by atoms with Crippen LogP contribution < -0.4 is 5.32 Å². The minimum Gasteiger partial charge on any atom is -0.480 e. The summed E-state index contributed by atoms with van der Waals surface area (Å²) < 4.78 is 0. The third-order valence-corrected chi connectivity index (χ3v) is 3.88. The van der Waals surface area contributed by atoms with Gasteiger partial charge < -0.3 is 15.3 Å². The molecule has 5 nitrogen and oxygen atoms in total. The van der Waals surface area contributed by atoms with Gasteiger partial charge in [0.2, 0.25) is 5.91 Å². The monoisotopic (exact) mass is 274 g/mol. The molecule has 104 valence electrons. The lowest BCUT2D eigenvalue weighted by molar-refractivity contribution is -0.149. The van der Waals surface area contributed by atoms with Crippen molar-refractivity contribution in [2.24, 2.45) is 0 Å². The predicted octanol–water partition coefficient (Wildman–Crippen LogP) is 0.793. The number of nitrogens with zero attached hydrogens (tertiary/aromatic N) is 1. The van der Waals surface area contributed by atoms with Crippen molar-refractivity contribution in [3.8, 4) is 0 Å². The first kappa shape index (κ1) is 15.3. The summed E-state index contributed by atoms with van der Waals surface area (Å²) in [5.41, 5.74) is 0. The first-order valence-corrected chi connectivity index (χ1v) is 7.51. The molecule has 2 N–H and O–H groups in total. The van der Waals surface area contributed by atoms with E-state index in [1.165, 1.54) is 4.90 Å². The first-order chi connectivity index (χ1) is 8.52. The number of amides is 1. The second-order valence-electron chi connectivity index (χ2n) is 4.73. The summed E-state index contributed by atoms with van der Waals surface area (Å²) in [6, 6.07) is -0.229. The molecule has 1 amide bonds. The molecule has 0 bridgehead atoms. The molecule has 0 saturated carbocycles. The van der Waals surface area contributed by atoms with Gasteiger partial charge in [0.25, 0.3) is 0 Å². The highest BCUT2D eigenvalue weighted by Crippen LogP contribution is 2.17. The van der Waals surface area contributed by atoms with Gasteiger partial charge in [0, 0.05) is 30.5 Å². The van der Waals surface area contributed by atoms with Gasteiger partial charge in [-0.2, -0.15) is 11.8 Å². The number of nitrogens with one attached hydrogen (secondary N) is 1. The zero-order valence-corrected chi connectivity index (χ0v) is 11.8. The maximum atomic E-state index is 12.0. The average molecular weight is 274 g/mol. The van der Waals surface area contributed by atoms with Crippen LogP contribution in [0, 0.1) is 0 Å². The smallest absolute Gasteiger partial charge is 0.327 e. The van der Waals surface area contributed by atoms with E-state index in [9.17, 15) is 9.59 Å². The Morgan fingerprint density at radius 3 is 2.83 bits per heavy atom. The second kappa shape index (κ2) is 7.63. The van der Waals surface area contributed by atoms with Crippen molar-refractivity contribution in [3.05, 3.63) is 0 Å². The highest BCUT2D eigenvalue weighted by atomic mass is 32.2. The fourth-order valence-corrected chi connectivity index (χ4v) is 2.92. The zero-order valence-electron chi connectivity index (χ0n) is 11.0. The van der Waals surface area contributed by atoms with E-state index in [1.54, 1.807) is 11.8 Å². The van der Waals surface area contributed by atoms with Gasteiger partial charge in [-0.1, -0.05) is 13.8 Å². The van der Waals surface area contributed by atoms with E-state index in [0.29, 0.717) is 24.8 Å². The molecule has 1 rings (SSSR count). The van der Waals surface area contributed by atoms with Gasteiger partial charge in [-0.3, -0.25) is 4.79 Å². The largest absolute Gasteiger partial charge is 0.480 e. The highest BCUT2D eigenvalue weighted by Gasteiger charge is 2.31. The van der Waals surface area contributed by atoms with Crippen molar-refractivity contribution in [2.45, 2.75) is 38.8 Å². The summed E-state index contributed by atoms with van der Waals surface area (Å²) in [6.07, 6.45) is 1.18. The minimum absolute atomic E-state index is 0.0340. The molecule has 1 heterocycles. The number of aliphatic carboxylic acids is 1. The van der Waals surface area contributed by atoms with Crippen LogP contribution in [0.1, 0.15) is 26.7 Å². The lowest BCUT2D eigenvalue weighted by Crippen LogP contribution is -2.50. The van der Waals surface area contributed by atoms with Gasteiger partial charge in [-0.05, 0) is 13.0 Å². The van der Waals surface area contributed by atoms with Gasteiger partial charge in [0.15, 0.2) is 0 Å². The molecule has 18 heavy (non-hydrogen) atoms. The van der Waals surface area contributed by atoms with Crippen LogP contribution in [-0.4, -0.2) is 58.6 Å². The summed E-state index contributed by atoms with van der Waals surface area (Å²) in [7, 11) is 0. The van der Waals surface area contributed by atoms with Crippen LogP contribution in [0.15, 0.2) is 0 Å². The van der Waals surface area contributed by atoms with Gasteiger partial charge in [-0.25, -0.2) is 4.79 Å². The first-order valence-electron chi connectivity index (χ1n) is 6.35. The highest BCUT2D eigenvalue weighted by molar-refractivity contribution is 7.99. The molecule has 1 aliphatic rings. The van der Waals surface area contributed by atoms with Gasteiger partial charge >= 0.3 is 5.97 Å². The van der Waals surface area contributed by atoms with E-state index in [2.05, 4.69) is 19.2 Å². The molecule has 6 heteroatoms. The van der Waals surface area contributed by atoms with Crippen molar-refractivity contribution in [1.29, 1.82) is 0 Å². The lowest BCUT2D eigenvalue weighted by atomic mass is 10.2. The SMILES string of the molecule is CC(C)NCCCC(=O)N1CCSCC1C(=O)O. The number of carboxylic acid groups (broad SMARTS) is 1. The molecular weight excluding hydrogens is 252 g/mol. The van der Waals surface area contributed by atoms with Crippen LogP contribution in [0.4, 0.5) is 0 Å². The fraction of sp³-hybridized carbons (Fsp3) is 0.833. The molecule has 0 aromatic rings. The Kier molecular flexibility index (Phi) is 6.49. The van der Waals surface area contributed by atoms with E-state index in [1.807, 2.05) is 0 Å². The summed E-state index contributed by atoms with van der Waals surface area (Å²) in [5.74, 6) is 0.412. The Morgan fingerprint density at radius 2 is 2.22 bits per heavy atom. The number of rotatable bonds is 6. The van der Waals surface area contributed by atoms with E-state index >= 15 is 0 Å². The van der Waals surface area contributed by atoms with Crippen LogP contribution in [0.25, 0.3) is 0 Å². The van der Waals surface area contributed by atoms with Crippen molar-refractivity contribution in [3.63, 3.8) is 0 Å². The minimum atomic E-state index is -0.893. The molecule has 1 aliphatic heterocycles. The Morgan fingerprint density at radius 1 is 1.50 bits per heavy atom. The van der Waals surface area contributed by atoms with E-state index < -0.39 is 12.0 Å². The third kappa shape index (κ3) is 4.86. The molecule has 0 spiro atoms. The molecule has 0 aromatic carbocycles. The molecule has 1 unspecified atom stereocenters. The Hall–Kier alpha value is -0.750. The van der Waals surface area contributed by atoms with Crippen LogP contribution in [-0.2, 0) is 9.59 Å². The Bertz CT molecular complexity index is 297. The van der Waals surface area contributed by atoms with Gasteiger partial charge in [0.1, 0.15) is 6.04 Å². The van der Waals surface area contributed by atoms with Gasteiger partial charge in [-0.15, -0.1) is 0 Å². The fourth-order valence-electron chi connectivity index (χ4n) is 1.88. The quantitative estimate of drug-likeness (QED) is 0.701. The predicted molar refractivity (Wildman–Crippen MR) is 72.8 cm³/mol. The molecule has 1 atom stereocenters. The number of thioether (sulfide) groups is 1. The van der Waals surface area contributed by atoms with Crippen LogP contribution >= 0.6 is 11.8 Å². The standard InChI is InChI=1S/C12H22N2O3S/c1-9(2)13-5-3-4-11(15)14-6-7-18-8-10(14)12(16)17/h9-10,13H,3-8H2,1-2H3,(H,16,17). The van der Waals surface area contributed by atoms with Crippen LogP contribution in [0.5, 0.6) is 0 Å². The van der Waals surface area contributed by atoms with E-state index in [0.717, 1.165) is 18.7 Å². The van der Waals surface area contributed by atoms with E-state index in [-0.39, 0.29) is 5.91 Å². The van der Waals surface area contributed by atoms with Gasteiger partial charge in [0.05, 0.1) is 0 Å². The topological polar surface area (TPSA) is 69.6 Å². The maximum absolute atomic E-state index is 12.0. The van der Waals surface area contributed by atoms with Crippen molar-refractivity contribution < 1.29 is 14.7 Å². The molecule has 0 aromatic heterocycles. The Balaban J connectivity index is 2.36. The average Bonchev–Trinajstić information content (AvgIpc) is 2.34. The summed E-state index contributed by atoms with van der Waals surface area (Å²) >= 11 is 1.60. The van der Waals surface area contributed by atoms with E-state index in [4.69, 9.17) is 5.11 Å². The number of carbonyl (C=O) groups excluding carboxylic acids is 1. The number of carboxylic acids is 1. The number of hydrogen-bond acceptors (Lipinski definition) is 4. The summed E-state index contributed by atoms with van der Waals surface area (Å²) in [6.45, 7) is 5.47. The third-order valence-electron chi connectivity index (χ3n) is 2.85.